The number of nitrogens with zero attached hydrogens (tertiary/aromatic N) is 3. The second-order valence-corrected chi connectivity index (χ2v) is 12.9. The van der Waals surface area contributed by atoms with Gasteiger partial charge in [0.05, 0.1) is 24.7 Å². The van der Waals surface area contributed by atoms with Crippen LogP contribution < -0.4 is 10.1 Å². The molecule has 9 heteroatoms. The second kappa shape index (κ2) is 13.3. The summed E-state index contributed by atoms with van der Waals surface area (Å²) in [4.78, 5) is 31.2. The van der Waals surface area contributed by atoms with Crippen LogP contribution in [0.1, 0.15) is 51.1 Å². The zero-order valence-electron chi connectivity index (χ0n) is 25.2. The van der Waals surface area contributed by atoms with Crippen molar-refractivity contribution in [3.8, 4) is 5.75 Å². The number of carbonyl (C=O) groups is 2. The van der Waals surface area contributed by atoms with Gasteiger partial charge in [0.25, 0.3) is 5.91 Å². The maximum absolute atomic E-state index is 13.4. The Morgan fingerprint density at radius 1 is 0.955 bits per heavy atom. The van der Waals surface area contributed by atoms with Crippen LogP contribution >= 0.6 is 23.2 Å². The van der Waals surface area contributed by atoms with Crippen LogP contribution in [0.3, 0.4) is 0 Å². The molecule has 230 valence electrons. The lowest BCUT2D eigenvalue weighted by Crippen LogP contribution is -2.54. The topological polar surface area (TPSA) is 66.8 Å². The Bertz CT molecular complexity index is 1650. The summed E-state index contributed by atoms with van der Waals surface area (Å²) in [6.45, 7) is 6.40. The number of fused-ring (bicyclic) bond motifs is 3. The average molecular weight is 634 g/mol. The standard InChI is InChI=1S/C35H38Cl2N4O3/c1-23-6-3-7-24(14-23)18-38-35(43)31-21-40(34-30(31)8-4-9-33(34)44-2)12-5-13-41-28-10-11-29(41)20-39(19-28)22-32(42)25-15-26(36)17-27(37)16-25/h3-4,6-9,14-17,21,28-29H,5,10-13,18-20,22H2,1-2H3,(H,38,43). The molecule has 0 radical (unpaired) electrons. The molecule has 0 aliphatic carbocycles. The molecule has 6 rings (SSSR count). The molecule has 2 aliphatic heterocycles. The van der Waals surface area contributed by atoms with Gasteiger partial charge in [-0.3, -0.25) is 19.4 Å². The van der Waals surface area contributed by atoms with Gasteiger partial charge in [0.2, 0.25) is 0 Å². The van der Waals surface area contributed by atoms with Gasteiger partial charge in [-0.25, -0.2) is 0 Å². The molecule has 1 amide bonds. The van der Waals surface area contributed by atoms with E-state index in [2.05, 4.69) is 38.7 Å². The molecular formula is C35H38Cl2N4O3. The number of piperazine rings is 1. The fraction of sp³-hybridized carbons (Fsp3) is 0.371. The van der Waals surface area contributed by atoms with E-state index in [0.29, 0.717) is 46.3 Å². The quantitative estimate of drug-likeness (QED) is 0.188. The highest BCUT2D eigenvalue weighted by Gasteiger charge is 2.39. The SMILES string of the molecule is COc1cccc2c(C(=O)NCc3cccc(C)c3)cn(CCCN3C4CCC3CN(CC(=O)c3cc(Cl)cc(Cl)c3)C4)c12. The molecule has 2 aliphatic rings. The number of Topliss-reactive ketones (excluding diaryl/α,β-unsaturated/α-hetero) is 1. The van der Waals surface area contributed by atoms with Crippen molar-refractivity contribution in [1.82, 2.24) is 19.7 Å². The van der Waals surface area contributed by atoms with Gasteiger partial charge in [-0.1, -0.05) is 65.2 Å². The van der Waals surface area contributed by atoms with E-state index in [-0.39, 0.29) is 11.7 Å². The number of hydrogen-bond acceptors (Lipinski definition) is 5. The van der Waals surface area contributed by atoms with E-state index >= 15 is 0 Å². The summed E-state index contributed by atoms with van der Waals surface area (Å²) in [5.74, 6) is 0.723. The van der Waals surface area contributed by atoms with Crippen molar-refractivity contribution in [3.63, 3.8) is 0 Å². The predicted molar refractivity (Wildman–Crippen MR) is 176 cm³/mol. The Kier molecular flexibility index (Phi) is 9.29. The minimum absolute atomic E-state index is 0.0504. The van der Waals surface area contributed by atoms with Crippen LogP contribution in [0.4, 0.5) is 0 Å². The van der Waals surface area contributed by atoms with Crippen molar-refractivity contribution in [2.45, 2.75) is 51.4 Å². The summed E-state index contributed by atoms with van der Waals surface area (Å²) in [5.41, 5.74) is 4.42. The van der Waals surface area contributed by atoms with Gasteiger partial charge >= 0.3 is 0 Å². The van der Waals surface area contributed by atoms with Crippen molar-refractivity contribution in [2.75, 3.05) is 33.3 Å². The molecule has 7 nitrogen and oxygen atoms in total. The lowest BCUT2D eigenvalue weighted by Gasteiger charge is -2.41. The Hall–Kier alpha value is -3.36. The van der Waals surface area contributed by atoms with Crippen LogP contribution in [0.5, 0.6) is 5.75 Å². The van der Waals surface area contributed by atoms with Gasteiger partial charge in [0.1, 0.15) is 5.75 Å². The first-order chi connectivity index (χ1) is 21.3. The van der Waals surface area contributed by atoms with E-state index in [9.17, 15) is 9.59 Å². The van der Waals surface area contributed by atoms with E-state index < -0.39 is 0 Å². The molecule has 1 N–H and O–H groups in total. The summed E-state index contributed by atoms with van der Waals surface area (Å²) >= 11 is 12.3. The molecule has 3 aromatic carbocycles. The van der Waals surface area contributed by atoms with Crippen LogP contribution in [0.25, 0.3) is 10.9 Å². The molecule has 2 saturated heterocycles. The summed E-state index contributed by atoms with van der Waals surface area (Å²) in [5, 5.41) is 4.96. The molecule has 2 fully saturated rings. The van der Waals surface area contributed by atoms with Crippen molar-refractivity contribution < 1.29 is 14.3 Å². The number of hydrogen-bond donors (Lipinski definition) is 1. The number of amides is 1. The van der Waals surface area contributed by atoms with Gasteiger partial charge in [-0.15, -0.1) is 0 Å². The number of para-hydroxylation sites is 1. The van der Waals surface area contributed by atoms with Crippen molar-refractivity contribution in [2.24, 2.45) is 0 Å². The summed E-state index contributed by atoms with van der Waals surface area (Å²) in [6.07, 6.45) is 5.20. The number of ketones is 1. The Morgan fingerprint density at radius 2 is 1.68 bits per heavy atom. The van der Waals surface area contributed by atoms with E-state index in [1.165, 1.54) is 5.56 Å². The van der Waals surface area contributed by atoms with Gasteiger partial charge in [-0.2, -0.15) is 0 Å². The number of benzene rings is 3. The number of rotatable bonds is 11. The van der Waals surface area contributed by atoms with Gasteiger partial charge in [0.15, 0.2) is 5.78 Å². The molecule has 4 aromatic rings. The van der Waals surface area contributed by atoms with Crippen molar-refractivity contribution in [1.29, 1.82) is 0 Å². The maximum Gasteiger partial charge on any atom is 0.253 e. The molecule has 2 atom stereocenters. The smallest absolute Gasteiger partial charge is 0.253 e. The van der Waals surface area contributed by atoms with Crippen LogP contribution in [0.15, 0.2) is 66.9 Å². The monoisotopic (exact) mass is 632 g/mol. The van der Waals surface area contributed by atoms with Crippen LogP contribution in [0.2, 0.25) is 10.0 Å². The fourth-order valence-electron chi connectivity index (χ4n) is 6.95. The summed E-state index contributed by atoms with van der Waals surface area (Å²) in [6, 6.07) is 20.0. The molecule has 3 heterocycles. The zero-order valence-corrected chi connectivity index (χ0v) is 26.7. The molecule has 2 bridgehead atoms. The number of ether oxygens (including phenoxy) is 1. The van der Waals surface area contributed by atoms with Crippen LogP contribution in [-0.4, -0.2) is 71.4 Å². The zero-order chi connectivity index (χ0) is 30.8. The largest absolute Gasteiger partial charge is 0.495 e. The number of carbonyl (C=O) groups excluding carboxylic acids is 2. The third kappa shape index (κ3) is 6.66. The highest BCUT2D eigenvalue weighted by molar-refractivity contribution is 6.35. The first-order valence-corrected chi connectivity index (χ1v) is 16.0. The van der Waals surface area contributed by atoms with Crippen LogP contribution in [-0.2, 0) is 13.1 Å². The summed E-state index contributed by atoms with van der Waals surface area (Å²) < 4.78 is 7.89. The van der Waals surface area contributed by atoms with E-state index in [0.717, 1.165) is 67.7 Å². The fourth-order valence-corrected chi connectivity index (χ4v) is 7.48. The predicted octanol–water partition coefficient (Wildman–Crippen LogP) is 6.62. The van der Waals surface area contributed by atoms with Gasteiger partial charge in [0, 0.05) is 72.0 Å². The lowest BCUT2D eigenvalue weighted by molar-refractivity contribution is 0.0588. The highest BCUT2D eigenvalue weighted by atomic mass is 35.5. The first-order valence-electron chi connectivity index (χ1n) is 15.3. The number of methoxy groups -OCH3 is 1. The third-order valence-electron chi connectivity index (χ3n) is 8.94. The molecule has 2 unspecified atom stereocenters. The second-order valence-electron chi connectivity index (χ2n) is 12.0. The number of likely N-dealkylation sites (tertiary alicyclic amines) is 1. The molecule has 1 aromatic heterocycles. The Morgan fingerprint density at radius 3 is 2.39 bits per heavy atom. The first kappa shape index (κ1) is 30.7. The lowest BCUT2D eigenvalue weighted by atomic mass is 10.1. The van der Waals surface area contributed by atoms with E-state index in [1.807, 2.05) is 36.5 Å². The highest BCUT2D eigenvalue weighted by Crippen LogP contribution is 2.33. The molecule has 0 spiro atoms. The number of aromatic nitrogens is 1. The molecule has 0 saturated carbocycles. The average Bonchev–Trinajstić information content (AvgIpc) is 3.48. The number of aryl methyl sites for hydroxylation is 2. The third-order valence-corrected chi connectivity index (χ3v) is 9.37. The molecule has 44 heavy (non-hydrogen) atoms. The summed E-state index contributed by atoms with van der Waals surface area (Å²) in [7, 11) is 1.67. The van der Waals surface area contributed by atoms with Gasteiger partial charge in [-0.05, 0) is 56.0 Å². The maximum atomic E-state index is 13.4. The number of nitrogens with one attached hydrogen (secondary N) is 1. The van der Waals surface area contributed by atoms with Crippen molar-refractivity contribution in [3.05, 3.63) is 99.2 Å². The molecular weight excluding hydrogens is 595 g/mol. The Balaban J connectivity index is 1.09. The van der Waals surface area contributed by atoms with Crippen molar-refractivity contribution >= 4 is 45.8 Å². The number of halogens is 2. The minimum Gasteiger partial charge on any atom is -0.495 e. The van der Waals surface area contributed by atoms with E-state index in [4.69, 9.17) is 27.9 Å². The Labute approximate surface area is 268 Å². The minimum atomic E-state index is -0.0905. The van der Waals surface area contributed by atoms with Crippen LogP contribution in [0, 0.1) is 6.92 Å². The van der Waals surface area contributed by atoms with Gasteiger partial charge < -0.3 is 14.6 Å². The normalized spacial score (nSPS) is 18.5. The van der Waals surface area contributed by atoms with E-state index in [1.54, 1.807) is 25.3 Å².